The molecule has 2 aromatic carbocycles. The highest BCUT2D eigenvalue weighted by Gasteiger charge is 2.32. The van der Waals surface area contributed by atoms with Crippen molar-refractivity contribution in [3.63, 3.8) is 0 Å². The summed E-state index contributed by atoms with van der Waals surface area (Å²) in [6, 6.07) is 6.02. The standard InChI is InChI=1S/C21H17F7N6O/c22-13-6-12(21(26,27)28)8-15(9-13)30-18-31-17(32-19(33-18)34-5-4-16(35)10-34)29-14-3-1-2-11(7-14)20(23,24)25/h1-3,6-9,16,35H,4-5,10H2,(H2,29,30,31,32,33)/t16-/m0/s1. The number of hydrogen-bond acceptors (Lipinski definition) is 7. The van der Waals surface area contributed by atoms with Crippen molar-refractivity contribution in [3.05, 3.63) is 59.4 Å². The van der Waals surface area contributed by atoms with Crippen molar-refractivity contribution in [2.45, 2.75) is 24.9 Å². The topological polar surface area (TPSA) is 86.2 Å². The number of nitrogens with zero attached hydrogens (tertiary/aromatic N) is 4. The van der Waals surface area contributed by atoms with Gasteiger partial charge in [-0.25, -0.2) is 4.39 Å². The summed E-state index contributed by atoms with van der Waals surface area (Å²) in [6.07, 6.45) is -9.65. The fourth-order valence-corrected chi connectivity index (χ4v) is 3.40. The molecule has 0 spiro atoms. The normalized spacial score (nSPS) is 16.5. The lowest BCUT2D eigenvalue weighted by Gasteiger charge is -2.18. The molecule has 0 unspecified atom stereocenters. The minimum atomic E-state index is -4.80. The molecule has 1 saturated heterocycles. The van der Waals surface area contributed by atoms with E-state index < -0.39 is 35.4 Å². The van der Waals surface area contributed by atoms with E-state index in [1.54, 1.807) is 4.90 Å². The highest BCUT2D eigenvalue weighted by molar-refractivity contribution is 5.61. The summed E-state index contributed by atoms with van der Waals surface area (Å²) in [5, 5.41) is 14.9. The molecule has 14 heteroatoms. The van der Waals surface area contributed by atoms with Gasteiger partial charge in [0.2, 0.25) is 17.8 Å². The molecule has 2 heterocycles. The number of aromatic nitrogens is 3. The van der Waals surface area contributed by atoms with Crippen molar-refractivity contribution >= 4 is 29.2 Å². The zero-order chi connectivity index (χ0) is 25.4. The molecule has 0 radical (unpaired) electrons. The molecule has 0 bridgehead atoms. The van der Waals surface area contributed by atoms with Crippen molar-refractivity contribution < 1.29 is 35.8 Å². The van der Waals surface area contributed by atoms with Crippen LogP contribution in [0.3, 0.4) is 0 Å². The molecular weight excluding hydrogens is 485 g/mol. The summed E-state index contributed by atoms with van der Waals surface area (Å²) >= 11 is 0. The van der Waals surface area contributed by atoms with Crippen LogP contribution < -0.4 is 15.5 Å². The van der Waals surface area contributed by atoms with Crippen molar-refractivity contribution in [1.29, 1.82) is 0 Å². The molecular formula is C21H17F7N6O. The SMILES string of the molecule is O[C@H]1CCN(c2nc(Nc3cccc(C(F)(F)F)c3)nc(Nc3cc(F)cc(C(F)(F)F)c3)n2)C1. The second-order valence-electron chi connectivity index (χ2n) is 7.73. The number of rotatable bonds is 5. The number of nitrogens with one attached hydrogen (secondary N) is 2. The number of alkyl halides is 6. The molecule has 35 heavy (non-hydrogen) atoms. The van der Waals surface area contributed by atoms with Gasteiger partial charge in [0, 0.05) is 24.5 Å². The number of β-amino-alcohol motifs (C(OH)–C–C–N with tert-alkyl or cyclic N) is 1. The average Bonchev–Trinajstić information content (AvgIpc) is 3.18. The van der Waals surface area contributed by atoms with Gasteiger partial charge in [0.1, 0.15) is 5.82 Å². The first-order chi connectivity index (χ1) is 16.4. The fraction of sp³-hybridized carbons (Fsp3) is 0.286. The van der Waals surface area contributed by atoms with Gasteiger partial charge in [-0.1, -0.05) is 6.07 Å². The van der Waals surface area contributed by atoms with E-state index in [-0.39, 0.29) is 35.8 Å². The second-order valence-corrected chi connectivity index (χ2v) is 7.73. The van der Waals surface area contributed by atoms with Crippen LogP contribution in [0.15, 0.2) is 42.5 Å². The minimum absolute atomic E-state index is 0.00510. The molecule has 7 nitrogen and oxygen atoms in total. The van der Waals surface area contributed by atoms with Crippen LogP contribution in [0, 0.1) is 5.82 Å². The van der Waals surface area contributed by atoms with Crippen LogP contribution >= 0.6 is 0 Å². The summed E-state index contributed by atoms with van der Waals surface area (Å²) in [5.74, 6) is -1.64. The van der Waals surface area contributed by atoms with E-state index in [0.29, 0.717) is 25.1 Å². The Hall–Kier alpha value is -3.68. The highest BCUT2D eigenvalue weighted by Crippen LogP contribution is 2.33. The van der Waals surface area contributed by atoms with Gasteiger partial charge in [0.05, 0.1) is 17.2 Å². The number of halogens is 7. The van der Waals surface area contributed by atoms with Gasteiger partial charge in [0.15, 0.2) is 0 Å². The van der Waals surface area contributed by atoms with E-state index in [1.165, 1.54) is 12.1 Å². The first-order valence-corrected chi connectivity index (χ1v) is 10.1. The Kier molecular flexibility index (Phi) is 6.40. The first kappa shape index (κ1) is 24.4. The molecule has 3 aromatic rings. The van der Waals surface area contributed by atoms with Gasteiger partial charge in [-0.3, -0.25) is 0 Å². The molecule has 0 aliphatic carbocycles. The van der Waals surface area contributed by atoms with Crippen molar-refractivity contribution in [3.8, 4) is 0 Å². The predicted octanol–water partition coefficient (Wildman–Crippen LogP) is 5.11. The molecule has 1 fully saturated rings. The molecule has 1 aliphatic heterocycles. The summed E-state index contributed by atoms with van der Waals surface area (Å²) in [6.45, 7) is 0.510. The number of anilines is 5. The van der Waals surface area contributed by atoms with Crippen LogP contribution in [-0.2, 0) is 12.4 Å². The predicted molar refractivity (Wildman–Crippen MR) is 112 cm³/mol. The molecule has 0 amide bonds. The van der Waals surface area contributed by atoms with Gasteiger partial charge in [-0.15, -0.1) is 0 Å². The minimum Gasteiger partial charge on any atom is -0.391 e. The van der Waals surface area contributed by atoms with E-state index in [0.717, 1.165) is 18.2 Å². The molecule has 1 aromatic heterocycles. The lowest BCUT2D eigenvalue weighted by molar-refractivity contribution is -0.138. The number of aliphatic hydroxyl groups is 1. The monoisotopic (exact) mass is 502 g/mol. The van der Waals surface area contributed by atoms with Gasteiger partial charge in [-0.2, -0.15) is 41.3 Å². The smallest absolute Gasteiger partial charge is 0.391 e. The van der Waals surface area contributed by atoms with Crippen LogP contribution in [0.2, 0.25) is 0 Å². The van der Waals surface area contributed by atoms with Crippen molar-refractivity contribution in [1.82, 2.24) is 15.0 Å². The molecule has 186 valence electrons. The summed E-state index contributed by atoms with van der Waals surface area (Å²) < 4.78 is 92.1. The van der Waals surface area contributed by atoms with Crippen molar-refractivity contribution in [2.75, 3.05) is 28.6 Å². The Labute approximate surface area is 193 Å². The third kappa shape index (κ3) is 6.07. The van der Waals surface area contributed by atoms with Gasteiger partial charge in [0.25, 0.3) is 0 Å². The average molecular weight is 502 g/mol. The second kappa shape index (κ2) is 9.17. The highest BCUT2D eigenvalue weighted by atomic mass is 19.4. The first-order valence-electron chi connectivity index (χ1n) is 10.1. The maximum atomic E-state index is 13.8. The van der Waals surface area contributed by atoms with Crippen LogP contribution in [0.5, 0.6) is 0 Å². The van der Waals surface area contributed by atoms with E-state index in [9.17, 15) is 35.8 Å². The summed E-state index contributed by atoms with van der Waals surface area (Å²) in [5.41, 5.74) is -2.47. The molecule has 0 saturated carbocycles. The Morgan fingerprint density at radius 1 is 0.829 bits per heavy atom. The van der Waals surface area contributed by atoms with Gasteiger partial charge in [-0.05, 0) is 42.8 Å². The Balaban J connectivity index is 1.69. The summed E-state index contributed by atoms with van der Waals surface area (Å²) in [7, 11) is 0. The zero-order valence-corrected chi connectivity index (χ0v) is 17.6. The number of hydrogen-bond donors (Lipinski definition) is 3. The van der Waals surface area contributed by atoms with E-state index in [4.69, 9.17) is 0 Å². The third-order valence-electron chi connectivity index (χ3n) is 5.00. The largest absolute Gasteiger partial charge is 0.416 e. The number of benzene rings is 2. The van der Waals surface area contributed by atoms with Crippen LogP contribution in [0.1, 0.15) is 17.5 Å². The van der Waals surface area contributed by atoms with Crippen LogP contribution in [0.25, 0.3) is 0 Å². The molecule has 1 atom stereocenters. The van der Waals surface area contributed by atoms with Gasteiger partial charge >= 0.3 is 12.4 Å². The summed E-state index contributed by atoms with van der Waals surface area (Å²) in [4.78, 5) is 13.9. The fourth-order valence-electron chi connectivity index (χ4n) is 3.40. The lowest BCUT2D eigenvalue weighted by Crippen LogP contribution is -2.24. The Bertz CT molecular complexity index is 1220. The third-order valence-corrected chi connectivity index (χ3v) is 5.00. The van der Waals surface area contributed by atoms with E-state index >= 15 is 0 Å². The molecule has 3 N–H and O–H groups in total. The van der Waals surface area contributed by atoms with Gasteiger partial charge < -0.3 is 20.6 Å². The Morgan fingerprint density at radius 3 is 2.06 bits per heavy atom. The van der Waals surface area contributed by atoms with E-state index in [2.05, 4.69) is 25.6 Å². The lowest BCUT2D eigenvalue weighted by atomic mass is 10.2. The zero-order valence-electron chi connectivity index (χ0n) is 17.6. The Morgan fingerprint density at radius 2 is 1.46 bits per heavy atom. The van der Waals surface area contributed by atoms with Crippen molar-refractivity contribution in [2.24, 2.45) is 0 Å². The number of aliphatic hydroxyl groups excluding tert-OH is 1. The molecule has 1 aliphatic rings. The quantitative estimate of drug-likeness (QED) is 0.419. The van der Waals surface area contributed by atoms with E-state index in [1.807, 2.05) is 0 Å². The maximum absolute atomic E-state index is 13.8. The maximum Gasteiger partial charge on any atom is 0.416 e. The van der Waals surface area contributed by atoms with Crippen LogP contribution in [0.4, 0.5) is 60.0 Å². The molecule has 4 rings (SSSR count). The van der Waals surface area contributed by atoms with Crippen LogP contribution in [-0.4, -0.2) is 39.3 Å².